The highest BCUT2D eigenvalue weighted by Crippen LogP contribution is 2.44. The second-order valence-electron chi connectivity index (χ2n) is 10.5. The Balaban J connectivity index is 1.29. The molecule has 0 bridgehead atoms. The Kier molecular flexibility index (Phi) is 6.94. The number of hydrogen-bond donors (Lipinski definition) is 2. The normalized spacial score (nSPS) is 17.7. The summed E-state index contributed by atoms with van der Waals surface area (Å²) in [6.07, 6.45) is 1.26. The van der Waals surface area contributed by atoms with Gasteiger partial charge in [-0.15, -0.1) is 11.3 Å². The Morgan fingerprint density at radius 1 is 0.974 bits per heavy atom. The first-order valence-electron chi connectivity index (χ1n) is 12.5. The first-order valence-corrected chi connectivity index (χ1v) is 13.4. The third-order valence-corrected chi connectivity index (χ3v) is 8.52. The lowest BCUT2D eigenvalue weighted by Gasteiger charge is -2.32. The highest BCUT2D eigenvalue weighted by atomic mass is 32.1. The van der Waals surface area contributed by atoms with Crippen molar-refractivity contribution in [1.29, 1.82) is 0 Å². The molecule has 1 aliphatic carbocycles. The third-order valence-electron chi connectivity index (χ3n) is 7.50. The molecule has 7 nitrogen and oxygen atoms in total. The molecule has 2 N–H and O–H groups in total. The fourth-order valence-electron chi connectivity index (χ4n) is 4.75. The van der Waals surface area contributed by atoms with Gasteiger partial charge in [0.15, 0.2) is 0 Å². The summed E-state index contributed by atoms with van der Waals surface area (Å²) in [6, 6.07) is 19.7. The summed E-state index contributed by atoms with van der Waals surface area (Å²) >= 11 is 1.15. The SMILES string of the molecule is CC1(C)OB(C(=Cc2ccc(C(=O)O)s2)CNC(=O)OCC2c3ccccc3-c3ccccc32)OC1(C)C. The summed E-state index contributed by atoms with van der Waals surface area (Å²) in [6.45, 7) is 8.15. The molecule has 0 spiro atoms. The smallest absolute Gasteiger partial charge is 0.477 e. The molecule has 0 unspecified atom stereocenters. The molecular formula is C29H30BNO6S. The van der Waals surface area contributed by atoms with Gasteiger partial charge < -0.3 is 24.5 Å². The quantitative estimate of drug-likeness (QED) is 0.364. The largest absolute Gasteiger partial charge is 0.492 e. The van der Waals surface area contributed by atoms with Gasteiger partial charge in [-0.1, -0.05) is 48.5 Å². The maximum atomic E-state index is 12.8. The summed E-state index contributed by atoms with van der Waals surface area (Å²) in [5, 5.41) is 12.1. The zero-order valence-electron chi connectivity index (χ0n) is 21.8. The number of nitrogens with one attached hydrogen (secondary N) is 1. The number of aromatic carboxylic acids is 1. The van der Waals surface area contributed by atoms with Crippen LogP contribution in [-0.4, -0.2) is 48.6 Å². The highest BCUT2D eigenvalue weighted by Gasteiger charge is 2.52. The van der Waals surface area contributed by atoms with Gasteiger partial charge in [0.25, 0.3) is 0 Å². The minimum absolute atomic E-state index is 0.0354. The lowest BCUT2D eigenvalue weighted by molar-refractivity contribution is 0.00578. The van der Waals surface area contributed by atoms with Crippen molar-refractivity contribution in [2.45, 2.75) is 44.8 Å². The maximum absolute atomic E-state index is 12.8. The van der Waals surface area contributed by atoms with Gasteiger partial charge in [-0.25, -0.2) is 9.59 Å². The van der Waals surface area contributed by atoms with Crippen molar-refractivity contribution >= 4 is 36.6 Å². The number of benzene rings is 2. The Labute approximate surface area is 226 Å². The number of hydrogen-bond acceptors (Lipinski definition) is 6. The molecule has 2 heterocycles. The van der Waals surface area contributed by atoms with Gasteiger partial charge in [0.05, 0.1) is 11.2 Å². The molecule has 1 aromatic heterocycles. The van der Waals surface area contributed by atoms with Gasteiger partial charge in [0.2, 0.25) is 0 Å². The predicted octanol–water partition coefficient (Wildman–Crippen LogP) is 6.00. The van der Waals surface area contributed by atoms with Crippen molar-refractivity contribution in [1.82, 2.24) is 5.32 Å². The van der Waals surface area contributed by atoms with E-state index in [9.17, 15) is 14.7 Å². The van der Waals surface area contributed by atoms with Crippen LogP contribution in [0.4, 0.5) is 4.79 Å². The molecule has 5 rings (SSSR count). The van der Waals surface area contributed by atoms with Crippen molar-refractivity contribution in [3.8, 4) is 11.1 Å². The second kappa shape index (κ2) is 10.1. The number of fused-ring (bicyclic) bond motifs is 3. The van der Waals surface area contributed by atoms with E-state index in [1.807, 2.05) is 58.0 Å². The Morgan fingerprint density at radius 3 is 2.11 bits per heavy atom. The minimum atomic E-state index is -0.983. The van der Waals surface area contributed by atoms with Crippen molar-refractivity contribution in [3.05, 3.63) is 87.0 Å². The molecule has 0 atom stereocenters. The molecule has 1 aliphatic heterocycles. The molecule has 2 aliphatic rings. The number of carboxylic acid groups (broad SMARTS) is 1. The van der Waals surface area contributed by atoms with Gasteiger partial charge in [-0.3, -0.25) is 0 Å². The Hall–Kier alpha value is -3.40. The van der Waals surface area contributed by atoms with E-state index >= 15 is 0 Å². The highest BCUT2D eigenvalue weighted by molar-refractivity contribution is 7.14. The van der Waals surface area contributed by atoms with Gasteiger partial charge >= 0.3 is 19.2 Å². The number of rotatable bonds is 7. The van der Waals surface area contributed by atoms with Crippen LogP contribution in [0.15, 0.2) is 66.1 Å². The average Bonchev–Trinajstić information content (AvgIpc) is 3.53. The fraction of sp³-hybridized carbons (Fsp3) is 0.310. The van der Waals surface area contributed by atoms with Crippen LogP contribution < -0.4 is 5.32 Å². The average molecular weight is 531 g/mol. The van der Waals surface area contributed by atoms with E-state index in [-0.39, 0.29) is 23.9 Å². The summed E-state index contributed by atoms with van der Waals surface area (Å²) in [7, 11) is -0.704. The van der Waals surface area contributed by atoms with E-state index in [2.05, 4.69) is 29.6 Å². The molecular weight excluding hydrogens is 501 g/mol. The fourth-order valence-corrected chi connectivity index (χ4v) is 5.57. The van der Waals surface area contributed by atoms with Gasteiger partial charge in [0, 0.05) is 17.3 Å². The summed E-state index contributed by atoms with van der Waals surface area (Å²) in [5.41, 5.74) is 4.15. The molecule has 38 heavy (non-hydrogen) atoms. The molecule has 0 saturated carbocycles. The number of carbonyl (C=O) groups is 2. The van der Waals surface area contributed by atoms with Crippen molar-refractivity contribution < 1.29 is 28.7 Å². The number of alkyl carbamates (subject to hydrolysis) is 1. The third kappa shape index (κ3) is 5.01. The molecule has 3 aromatic rings. The van der Waals surface area contributed by atoms with E-state index < -0.39 is 30.4 Å². The first kappa shape index (κ1) is 26.2. The lowest BCUT2D eigenvalue weighted by atomic mass is 9.77. The van der Waals surface area contributed by atoms with Crippen LogP contribution in [-0.2, 0) is 14.0 Å². The standard InChI is InChI=1S/C29H30BNO6S/c1-28(2)29(3,4)37-30(36-28)18(15-19-13-14-25(38-19)26(32)33)16-31-27(34)35-17-24-22-11-7-5-9-20(22)21-10-6-8-12-23(21)24/h5-15,24H,16-17H2,1-4H3,(H,31,34)(H,32,33). The van der Waals surface area contributed by atoms with Crippen molar-refractivity contribution in [2.24, 2.45) is 0 Å². The molecule has 9 heteroatoms. The van der Waals surface area contributed by atoms with Gasteiger partial charge in [0.1, 0.15) is 11.5 Å². The Bertz CT molecular complexity index is 1350. The zero-order chi connectivity index (χ0) is 27.1. The summed E-state index contributed by atoms with van der Waals surface area (Å²) < 4.78 is 18.1. The minimum Gasteiger partial charge on any atom is -0.477 e. The van der Waals surface area contributed by atoms with E-state index in [0.29, 0.717) is 5.47 Å². The molecule has 1 amide bonds. The van der Waals surface area contributed by atoms with E-state index in [1.54, 1.807) is 12.1 Å². The van der Waals surface area contributed by atoms with Crippen molar-refractivity contribution in [3.63, 3.8) is 0 Å². The van der Waals surface area contributed by atoms with Crippen LogP contribution in [0.25, 0.3) is 17.2 Å². The van der Waals surface area contributed by atoms with Crippen LogP contribution in [0.1, 0.15) is 59.3 Å². The molecule has 1 fully saturated rings. The summed E-state index contributed by atoms with van der Waals surface area (Å²) in [5.74, 6) is -1.02. The summed E-state index contributed by atoms with van der Waals surface area (Å²) in [4.78, 5) is 25.1. The van der Waals surface area contributed by atoms with Crippen LogP contribution in [0.3, 0.4) is 0 Å². The van der Waals surface area contributed by atoms with Crippen LogP contribution in [0.2, 0.25) is 0 Å². The van der Waals surface area contributed by atoms with Gasteiger partial charge in [-0.2, -0.15) is 0 Å². The molecule has 2 aromatic carbocycles. The van der Waals surface area contributed by atoms with Crippen LogP contribution >= 0.6 is 11.3 Å². The monoisotopic (exact) mass is 531 g/mol. The number of ether oxygens (including phenoxy) is 1. The van der Waals surface area contributed by atoms with E-state index in [0.717, 1.165) is 27.3 Å². The van der Waals surface area contributed by atoms with Crippen LogP contribution in [0.5, 0.6) is 0 Å². The van der Waals surface area contributed by atoms with E-state index in [4.69, 9.17) is 14.0 Å². The molecule has 196 valence electrons. The van der Waals surface area contributed by atoms with Crippen molar-refractivity contribution in [2.75, 3.05) is 13.2 Å². The zero-order valence-corrected chi connectivity index (χ0v) is 22.6. The molecule has 0 radical (unpaired) electrons. The lowest BCUT2D eigenvalue weighted by Crippen LogP contribution is -2.41. The number of carboxylic acids is 1. The molecule has 1 saturated heterocycles. The Morgan fingerprint density at radius 2 is 1.55 bits per heavy atom. The predicted molar refractivity (Wildman–Crippen MR) is 148 cm³/mol. The van der Waals surface area contributed by atoms with Gasteiger partial charge in [-0.05, 0) is 73.6 Å². The first-order chi connectivity index (χ1) is 18.1. The number of carbonyl (C=O) groups excluding carboxylic acids is 1. The van der Waals surface area contributed by atoms with Crippen LogP contribution in [0, 0.1) is 0 Å². The second-order valence-corrected chi connectivity index (χ2v) is 11.6. The maximum Gasteiger partial charge on any atom is 0.492 e. The van der Waals surface area contributed by atoms with E-state index in [1.165, 1.54) is 11.1 Å². The number of thiophene rings is 1. The topological polar surface area (TPSA) is 94.1 Å². The number of amides is 1.